The van der Waals surface area contributed by atoms with Gasteiger partial charge in [0.25, 0.3) is 11.8 Å². The zero-order valence-electron chi connectivity index (χ0n) is 14.8. The van der Waals surface area contributed by atoms with Crippen LogP contribution in [0.15, 0.2) is 0 Å². The third kappa shape index (κ3) is 3.78. The number of nitrogens with zero attached hydrogens (tertiary/aromatic N) is 4. The molecule has 136 valence electrons. The summed E-state index contributed by atoms with van der Waals surface area (Å²) in [4.78, 5) is 49.5. The predicted octanol–water partition coefficient (Wildman–Crippen LogP) is -0.199. The van der Waals surface area contributed by atoms with Crippen LogP contribution in [0.25, 0.3) is 0 Å². The Morgan fingerprint density at radius 2 is 1.92 bits per heavy atom. The quantitative estimate of drug-likeness (QED) is 0.580. The Labute approximate surface area is 144 Å². The zero-order chi connectivity index (χ0) is 18.9. The summed E-state index contributed by atoms with van der Waals surface area (Å²) in [5.74, 6) is -1.84. The van der Waals surface area contributed by atoms with Crippen LogP contribution in [0, 0.1) is 13.8 Å². The van der Waals surface area contributed by atoms with Crippen molar-refractivity contribution in [2.24, 2.45) is 7.05 Å². The molecule has 1 aromatic rings. The number of imide groups is 1. The number of nitrogens with one attached hydrogen (secondary N) is 1. The summed E-state index contributed by atoms with van der Waals surface area (Å²) >= 11 is 0. The minimum atomic E-state index is -1.09. The van der Waals surface area contributed by atoms with Gasteiger partial charge in [0.05, 0.1) is 17.1 Å². The molecule has 0 aromatic carbocycles. The van der Waals surface area contributed by atoms with Crippen LogP contribution in [0.5, 0.6) is 0 Å². The Balaban J connectivity index is 1.93. The highest BCUT2D eigenvalue weighted by Gasteiger charge is 2.35. The molecule has 10 heteroatoms. The molecule has 0 aliphatic carbocycles. The summed E-state index contributed by atoms with van der Waals surface area (Å²) in [6.45, 7) is 4.36. The van der Waals surface area contributed by atoms with Crippen molar-refractivity contribution in [3.8, 4) is 0 Å². The molecule has 0 spiro atoms. The fourth-order valence-corrected chi connectivity index (χ4v) is 2.42. The molecule has 0 radical (unpaired) electrons. The molecule has 2 rings (SSSR count). The van der Waals surface area contributed by atoms with Crippen LogP contribution in [0.2, 0.25) is 0 Å². The molecule has 4 amide bonds. The summed E-state index contributed by atoms with van der Waals surface area (Å²) in [5, 5.41) is 6.85. The number of aryl methyl sites for hydroxylation is 2. The molecule has 1 aromatic heterocycles. The Kier molecular flexibility index (Phi) is 5.10. The van der Waals surface area contributed by atoms with Crippen LogP contribution in [0.4, 0.5) is 10.5 Å². The SMILES string of the molecule is Cc1nn(C)c(C)c1NC(=O)[C@@H](C)OC(=O)CN1C(=O)CN(C)C1=O. The molecule has 1 atom stereocenters. The molecule has 1 fully saturated rings. The van der Waals surface area contributed by atoms with E-state index >= 15 is 0 Å². The van der Waals surface area contributed by atoms with Crippen molar-refractivity contribution in [3.63, 3.8) is 0 Å². The number of esters is 1. The first-order valence-electron chi connectivity index (χ1n) is 7.67. The highest BCUT2D eigenvalue weighted by Crippen LogP contribution is 2.18. The molecule has 0 saturated carbocycles. The normalized spacial score (nSPS) is 15.6. The smallest absolute Gasteiger partial charge is 0.327 e. The number of amides is 4. The molecule has 1 saturated heterocycles. The second-order valence-corrected chi connectivity index (χ2v) is 5.91. The third-order valence-electron chi connectivity index (χ3n) is 3.95. The Bertz CT molecular complexity index is 741. The van der Waals surface area contributed by atoms with E-state index < -0.39 is 36.5 Å². The van der Waals surface area contributed by atoms with Crippen LogP contribution < -0.4 is 5.32 Å². The van der Waals surface area contributed by atoms with Gasteiger partial charge < -0.3 is 15.0 Å². The van der Waals surface area contributed by atoms with Gasteiger partial charge in [0.15, 0.2) is 6.10 Å². The Hall–Kier alpha value is -2.91. The second-order valence-electron chi connectivity index (χ2n) is 5.91. The zero-order valence-corrected chi connectivity index (χ0v) is 14.8. The van der Waals surface area contributed by atoms with Gasteiger partial charge >= 0.3 is 12.0 Å². The van der Waals surface area contributed by atoms with Crippen molar-refractivity contribution >= 4 is 29.5 Å². The minimum Gasteiger partial charge on any atom is -0.451 e. The topological polar surface area (TPSA) is 114 Å². The van der Waals surface area contributed by atoms with Crippen LogP contribution in [-0.2, 0) is 26.2 Å². The molecule has 1 N–H and O–H groups in total. The van der Waals surface area contributed by atoms with Crippen LogP contribution in [0.3, 0.4) is 0 Å². The third-order valence-corrected chi connectivity index (χ3v) is 3.95. The molecule has 1 aliphatic heterocycles. The van der Waals surface area contributed by atoms with Crippen molar-refractivity contribution in [1.82, 2.24) is 19.6 Å². The van der Waals surface area contributed by atoms with Gasteiger partial charge in [-0.25, -0.2) is 4.79 Å². The van der Waals surface area contributed by atoms with Crippen molar-refractivity contribution in [2.75, 3.05) is 25.5 Å². The summed E-state index contributed by atoms with van der Waals surface area (Å²) in [6, 6.07) is -0.569. The van der Waals surface area contributed by atoms with E-state index in [0.29, 0.717) is 11.4 Å². The first-order chi connectivity index (χ1) is 11.6. The first kappa shape index (κ1) is 18.4. The lowest BCUT2D eigenvalue weighted by molar-refractivity contribution is -0.154. The molecule has 0 unspecified atom stereocenters. The van der Waals surface area contributed by atoms with Gasteiger partial charge in [-0.2, -0.15) is 5.10 Å². The van der Waals surface area contributed by atoms with Crippen molar-refractivity contribution in [2.45, 2.75) is 26.9 Å². The predicted molar refractivity (Wildman–Crippen MR) is 86.6 cm³/mol. The molecular weight excluding hydrogens is 330 g/mol. The van der Waals surface area contributed by atoms with E-state index in [2.05, 4.69) is 10.4 Å². The number of aromatic nitrogens is 2. The van der Waals surface area contributed by atoms with Gasteiger partial charge in [-0.05, 0) is 20.8 Å². The van der Waals surface area contributed by atoms with E-state index in [1.54, 1.807) is 25.6 Å². The number of ether oxygens (including phenoxy) is 1. The van der Waals surface area contributed by atoms with Crippen LogP contribution >= 0.6 is 0 Å². The number of carbonyl (C=O) groups is 4. The number of rotatable bonds is 5. The Morgan fingerprint density at radius 1 is 1.28 bits per heavy atom. The number of carbonyl (C=O) groups excluding carboxylic acids is 4. The average molecular weight is 351 g/mol. The van der Waals surface area contributed by atoms with Crippen LogP contribution in [0.1, 0.15) is 18.3 Å². The molecule has 1 aliphatic rings. The van der Waals surface area contributed by atoms with Gasteiger partial charge in [-0.1, -0.05) is 0 Å². The molecule has 2 heterocycles. The van der Waals surface area contributed by atoms with E-state index in [-0.39, 0.29) is 6.54 Å². The average Bonchev–Trinajstić information content (AvgIpc) is 2.90. The standard InChI is InChI=1S/C15H21N5O5/c1-8-13(9(2)19(5)17-8)16-14(23)10(3)25-12(22)7-20-11(21)6-18(4)15(20)24/h10H,6-7H2,1-5H3,(H,16,23)/t10-/m1/s1. The fraction of sp³-hybridized carbons (Fsp3) is 0.533. The highest BCUT2D eigenvalue weighted by atomic mass is 16.5. The minimum absolute atomic E-state index is 0.0816. The van der Waals surface area contributed by atoms with Crippen molar-refractivity contribution < 1.29 is 23.9 Å². The number of hydrogen-bond donors (Lipinski definition) is 1. The molecule has 25 heavy (non-hydrogen) atoms. The number of likely N-dealkylation sites (N-methyl/N-ethyl adjacent to an activating group) is 1. The van der Waals surface area contributed by atoms with E-state index in [9.17, 15) is 19.2 Å². The molecule has 0 bridgehead atoms. The molecule has 10 nitrogen and oxygen atoms in total. The van der Waals surface area contributed by atoms with E-state index in [4.69, 9.17) is 4.74 Å². The number of hydrogen-bond acceptors (Lipinski definition) is 6. The van der Waals surface area contributed by atoms with Crippen molar-refractivity contribution in [1.29, 1.82) is 0 Å². The maximum absolute atomic E-state index is 12.2. The number of anilines is 1. The molecular formula is C15H21N5O5. The van der Waals surface area contributed by atoms with E-state index in [1.165, 1.54) is 18.9 Å². The maximum atomic E-state index is 12.2. The van der Waals surface area contributed by atoms with Gasteiger partial charge in [-0.3, -0.25) is 24.0 Å². The summed E-state index contributed by atoms with van der Waals surface area (Å²) < 4.78 is 6.65. The monoisotopic (exact) mass is 351 g/mol. The maximum Gasteiger partial charge on any atom is 0.327 e. The fourth-order valence-electron chi connectivity index (χ4n) is 2.42. The second kappa shape index (κ2) is 6.91. The van der Waals surface area contributed by atoms with Gasteiger partial charge in [0.1, 0.15) is 13.1 Å². The number of urea groups is 1. The van der Waals surface area contributed by atoms with E-state index in [1.807, 2.05) is 0 Å². The highest BCUT2D eigenvalue weighted by molar-refractivity contribution is 6.04. The summed E-state index contributed by atoms with van der Waals surface area (Å²) in [5.41, 5.74) is 1.96. The van der Waals surface area contributed by atoms with Gasteiger partial charge in [0.2, 0.25) is 0 Å². The van der Waals surface area contributed by atoms with E-state index in [0.717, 1.165) is 10.6 Å². The Morgan fingerprint density at radius 3 is 2.40 bits per heavy atom. The lowest BCUT2D eigenvalue weighted by atomic mass is 10.3. The summed E-state index contributed by atoms with van der Waals surface area (Å²) in [6.07, 6.45) is -1.09. The van der Waals surface area contributed by atoms with Gasteiger partial charge in [0, 0.05) is 14.1 Å². The van der Waals surface area contributed by atoms with Gasteiger partial charge in [-0.15, -0.1) is 0 Å². The van der Waals surface area contributed by atoms with Crippen LogP contribution in [-0.4, -0.2) is 69.6 Å². The first-order valence-corrected chi connectivity index (χ1v) is 7.67. The summed E-state index contributed by atoms with van der Waals surface area (Å²) in [7, 11) is 3.21. The van der Waals surface area contributed by atoms with Crippen molar-refractivity contribution in [3.05, 3.63) is 11.4 Å². The lowest BCUT2D eigenvalue weighted by Crippen LogP contribution is -2.39. The largest absolute Gasteiger partial charge is 0.451 e. The lowest BCUT2D eigenvalue weighted by Gasteiger charge is -2.16.